The van der Waals surface area contributed by atoms with E-state index in [0.717, 1.165) is 27.8 Å². The fourth-order valence-electron chi connectivity index (χ4n) is 3.11. The first-order valence-corrected chi connectivity index (χ1v) is 9.52. The lowest BCUT2D eigenvalue weighted by Gasteiger charge is -2.14. The van der Waals surface area contributed by atoms with Crippen LogP contribution in [0.15, 0.2) is 55.2 Å². The number of rotatable bonds is 7. The molecule has 3 heterocycles. The van der Waals surface area contributed by atoms with E-state index in [1.807, 2.05) is 57.0 Å². The van der Waals surface area contributed by atoms with Gasteiger partial charge in [-0.2, -0.15) is 10.2 Å². The summed E-state index contributed by atoms with van der Waals surface area (Å²) in [6, 6.07) is 7.94. The fourth-order valence-corrected chi connectivity index (χ4v) is 3.11. The zero-order valence-corrected chi connectivity index (χ0v) is 16.8. The summed E-state index contributed by atoms with van der Waals surface area (Å²) < 4.78 is 3.46. The highest BCUT2D eigenvalue weighted by atomic mass is 16.3. The van der Waals surface area contributed by atoms with Crippen molar-refractivity contribution in [2.75, 3.05) is 18.5 Å². The molecule has 0 amide bonds. The quantitative estimate of drug-likeness (QED) is 0.429. The van der Waals surface area contributed by atoms with Crippen molar-refractivity contribution in [3.63, 3.8) is 0 Å². The summed E-state index contributed by atoms with van der Waals surface area (Å²) in [5.41, 5.74) is 4.51. The predicted molar refractivity (Wildman–Crippen MR) is 113 cm³/mol. The third-order valence-electron chi connectivity index (χ3n) is 4.68. The van der Waals surface area contributed by atoms with E-state index in [4.69, 9.17) is 10.1 Å². The summed E-state index contributed by atoms with van der Waals surface area (Å²) in [7, 11) is 3.72. The topological polar surface area (TPSA) is 114 Å². The monoisotopic (exact) mass is 405 g/mol. The van der Waals surface area contributed by atoms with Gasteiger partial charge < -0.3 is 15.5 Å². The van der Waals surface area contributed by atoms with Crippen LogP contribution in [-0.4, -0.2) is 59.0 Å². The number of benzene rings is 1. The zero-order valence-electron chi connectivity index (χ0n) is 16.8. The molecule has 0 bridgehead atoms. The van der Waals surface area contributed by atoms with Gasteiger partial charge >= 0.3 is 0 Å². The molecule has 4 rings (SSSR count). The van der Waals surface area contributed by atoms with Crippen LogP contribution in [0.1, 0.15) is 0 Å². The maximum atomic E-state index is 9.76. The fraction of sp³-hybridized carbons (Fsp3) is 0.238. The van der Waals surface area contributed by atoms with E-state index in [-0.39, 0.29) is 13.2 Å². The molecule has 0 spiro atoms. The van der Waals surface area contributed by atoms with E-state index in [9.17, 15) is 5.11 Å². The molecule has 4 aromatic rings. The van der Waals surface area contributed by atoms with Crippen LogP contribution in [0.5, 0.6) is 0 Å². The number of hydrogen-bond donors (Lipinski definition) is 3. The summed E-state index contributed by atoms with van der Waals surface area (Å²) in [6.07, 6.45) is 8.22. The summed E-state index contributed by atoms with van der Waals surface area (Å²) in [5.74, 6) is 1.11. The average molecular weight is 405 g/mol. The first-order chi connectivity index (χ1) is 14.5. The van der Waals surface area contributed by atoms with Gasteiger partial charge in [0.1, 0.15) is 5.82 Å². The van der Waals surface area contributed by atoms with Crippen molar-refractivity contribution in [3.05, 3.63) is 55.2 Å². The van der Waals surface area contributed by atoms with Crippen molar-refractivity contribution in [1.82, 2.24) is 29.5 Å². The van der Waals surface area contributed by atoms with E-state index in [1.165, 1.54) is 0 Å². The number of nitrogens with zero attached hydrogens (tertiary/aromatic N) is 6. The smallest absolute Gasteiger partial charge is 0.161 e. The Kier molecular flexibility index (Phi) is 5.55. The predicted octanol–water partition coefficient (Wildman–Crippen LogP) is 1.71. The van der Waals surface area contributed by atoms with Crippen molar-refractivity contribution >= 4 is 5.82 Å². The van der Waals surface area contributed by atoms with Crippen LogP contribution in [0.4, 0.5) is 5.82 Å². The van der Waals surface area contributed by atoms with Crippen molar-refractivity contribution in [1.29, 1.82) is 0 Å². The Morgan fingerprint density at radius 2 is 1.67 bits per heavy atom. The molecule has 0 unspecified atom stereocenters. The second-order valence-electron chi connectivity index (χ2n) is 7.06. The SMILES string of the molecule is Cn1cc(-c2cccc(-c3ncc(-c4cnn(C)c4)c(NC[C@H](O)CO)n3)c2)cn1. The van der Waals surface area contributed by atoms with Gasteiger partial charge in [0.05, 0.1) is 25.1 Å². The number of aliphatic hydroxyl groups excluding tert-OH is 2. The Morgan fingerprint density at radius 3 is 2.33 bits per heavy atom. The van der Waals surface area contributed by atoms with E-state index in [1.54, 1.807) is 21.8 Å². The van der Waals surface area contributed by atoms with Gasteiger partial charge in [0.2, 0.25) is 0 Å². The lowest BCUT2D eigenvalue weighted by molar-refractivity contribution is 0.105. The number of hydrogen-bond acceptors (Lipinski definition) is 7. The minimum atomic E-state index is -0.890. The molecule has 3 aromatic heterocycles. The van der Waals surface area contributed by atoms with Gasteiger partial charge in [-0.3, -0.25) is 9.36 Å². The minimum absolute atomic E-state index is 0.163. The third-order valence-corrected chi connectivity index (χ3v) is 4.68. The van der Waals surface area contributed by atoms with Gasteiger partial charge in [0, 0.05) is 61.5 Å². The number of aliphatic hydroxyl groups is 2. The summed E-state index contributed by atoms with van der Waals surface area (Å²) >= 11 is 0. The molecule has 0 aliphatic rings. The highest BCUT2D eigenvalue weighted by molar-refractivity contribution is 5.76. The lowest BCUT2D eigenvalue weighted by atomic mass is 10.1. The number of aryl methyl sites for hydroxylation is 2. The van der Waals surface area contributed by atoms with Crippen LogP contribution in [0.25, 0.3) is 33.6 Å². The van der Waals surface area contributed by atoms with Gasteiger partial charge in [-0.1, -0.05) is 18.2 Å². The Hall–Kier alpha value is -3.56. The molecule has 154 valence electrons. The van der Waals surface area contributed by atoms with Crippen molar-refractivity contribution < 1.29 is 10.2 Å². The van der Waals surface area contributed by atoms with E-state index >= 15 is 0 Å². The van der Waals surface area contributed by atoms with Gasteiger partial charge in [-0.05, 0) is 11.6 Å². The average Bonchev–Trinajstić information content (AvgIpc) is 3.40. The first-order valence-electron chi connectivity index (χ1n) is 9.52. The van der Waals surface area contributed by atoms with Gasteiger partial charge in [-0.25, -0.2) is 9.97 Å². The van der Waals surface area contributed by atoms with Crippen molar-refractivity contribution in [3.8, 4) is 33.6 Å². The zero-order chi connectivity index (χ0) is 21.1. The molecule has 0 aliphatic heterocycles. The summed E-state index contributed by atoms with van der Waals surface area (Å²) in [5, 5.41) is 30.4. The molecule has 1 atom stereocenters. The maximum absolute atomic E-state index is 9.76. The Balaban J connectivity index is 1.72. The van der Waals surface area contributed by atoms with Crippen LogP contribution in [-0.2, 0) is 14.1 Å². The lowest BCUT2D eigenvalue weighted by Crippen LogP contribution is -2.23. The van der Waals surface area contributed by atoms with Gasteiger partial charge in [0.25, 0.3) is 0 Å². The molecule has 0 saturated heterocycles. The van der Waals surface area contributed by atoms with Crippen LogP contribution >= 0.6 is 0 Å². The second kappa shape index (κ2) is 8.44. The number of aromatic nitrogens is 6. The Morgan fingerprint density at radius 1 is 0.967 bits per heavy atom. The second-order valence-corrected chi connectivity index (χ2v) is 7.06. The summed E-state index contributed by atoms with van der Waals surface area (Å²) in [6.45, 7) is -0.170. The number of anilines is 1. The minimum Gasteiger partial charge on any atom is -0.394 e. The Labute approximate surface area is 173 Å². The molecule has 1 aromatic carbocycles. The molecule has 3 N–H and O–H groups in total. The molecule has 0 aliphatic carbocycles. The first kappa shape index (κ1) is 19.7. The molecule has 0 saturated carbocycles. The van der Waals surface area contributed by atoms with Crippen LogP contribution in [0, 0.1) is 0 Å². The van der Waals surface area contributed by atoms with Crippen molar-refractivity contribution in [2.45, 2.75) is 6.10 Å². The molecular formula is C21H23N7O2. The highest BCUT2D eigenvalue weighted by Gasteiger charge is 2.14. The molecular weight excluding hydrogens is 382 g/mol. The highest BCUT2D eigenvalue weighted by Crippen LogP contribution is 2.29. The van der Waals surface area contributed by atoms with E-state index in [2.05, 4.69) is 20.5 Å². The van der Waals surface area contributed by atoms with Gasteiger partial charge in [-0.15, -0.1) is 0 Å². The molecule has 30 heavy (non-hydrogen) atoms. The van der Waals surface area contributed by atoms with Crippen molar-refractivity contribution in [2.24, 2.45) is 14.1 Å². The van der Waals surface area contributed by atoms with Gasteiger partial charge in [0.15, 0.2) is 5.82 Å². The Bertz CT molecular complexity index is 1150. The molecule has 0 fully saturated rings. The molecule has 9 heteroatoms. The van der Waals surface area contributed by atoms with Crippen LogP contribution < -0.4 is 5.32 Å². The largest absolute Gasteiger partial charge is 0.394 e. The summed E-state index contributed by atoms with van der Waals surface area (Å²) in [4.78, 5) is 9.26. The third kappa shape index (κ3) is 4.22. The molecule has 9 nitrogen and oxygen atoms in total. The number of nitrogens with one attached hydrogen (secondary N) is 1. The van der Waals surface area contributed by atoms with E-state index < -0.39 is 6.10 Å². The molecule has 0 radical (unpaired) electrons. The maximum Gasteiger partial charge on any atom is 0.161 e. The van der Waals surface area contributed by atoms with Crippen LogP contribution in [0.2, 0.25) is 0 Å². The normalized spacial score (nSPS) is 12.1. The van der Waals surface area contributed by atoms with Crippen LogP contribution in [0.3, 0.4) is 0 Å². The van der Waals surface area contributed by atoms with E-state index in [0.29, 0.717) is 11.6 Å². The standard InChI is InChI=1S/C21H23N7O2/c1-27-11-16(7-24-27)14-4-3-5-15(6-14)20-23-10-19(17-8-25-28(2)12-17)21(26-20)22-9-18(30)13-29/h3-8,10-12,18,29-30H,9,13H2,1-2H3,(H,22,23,26)/t18-/m0/s1.